The van der Waals surface area contributed by atoms with Crippen LogP contribution in [-0.2, 0) is 0 Å². The van der Waals surface area contributed by atoms with E-state index in [1.54, 1.807) is 0 Å². The lowest BCUT2D eigenvalue weighted by Crippen LogP contribution is -2.60. The molecule has 0 aliphatic carbocycles. The van der Waals surface area contributed by atoms with Gasteiger partial charge >= 0.3 is 0 Å². The van der Waals surface area contributed by atoms with Gasteiger partial charge in [-0.3, -0.25) is 4.90 Å². The molecule has 0 radical (unpaired) electrons. The van der Waals surface area contributed by atoms with Crippen LogP contribution in [0.25, 0.3) is 0 Å². The molecule has 1 aliphatic heterocycles. The van der Waals surface area contributed by atoms with Crippen LogP contribution in [0.1, 0.15) is 41.0 Å². The molecule has 0 aromatic heterocycles. The monoisotopic (exact) mass is 236 g/mol. The van der Waals surface area contributed by atoms with Crippen LogP contribution in [0.4, 0.5) is 0 Å². The molecule has 17 heavy (non-hydrogen) atoms. The molecule has 1 heterocycles. The van der Waals surface area contributed by atoms with Crippen molar-refractivity contribution >= 4 is 0 Å². The Morgan fingerprint density at radius 3 is 2.41 bits per heavy atom. The molecule has 2 heteroatoms. The number of hydrogen-bond acceptors (Lipinski definition) is 2. The van der Waals surface area contributed by atoms with Gasteiger partial charge in [0.25, 0.3) is 0 Å². The third-order valence-electron chi connectivity index (χ3n) is 3.74. The molecule has 1 N–H and O–H groups in total. The molecule has 0 amide bonds. The first-order chi connectivity index (χ1) is 7.95. The maximum atomic E-state index is 5.60. The molecular formula is C15H28N2. The topological polar surface area (TPSA) is 15.3 Å². The average molecular weight is 236 g/mol. The van der Waals surface area contributed by atoms with Gasteiger partial charge in [-0.05, 0) is 25.2 Å². The number of piperazine rings is 1. The molecule has 1 saturated heterocycles. The predicted molar refractivity (Wildman–Crippen MR) is 74.9 cm³/mol. The van der Waals surface area contributed by atoms with E-state index >= 15 is 0 Å². The maximum absolute atomic E-state index is 5.60. The Labute approximate surface area is 107 Å². The van der Waals surface area contributed by atoms with Gasteiger partial charge in [0.05, 0.1) is 6.04 Å². The second-order valence-electron chi connectivity index (χ2n) is 6.09. The lowest BCUT2D eigenvalue weighted by molar-refractivity contribution is 0.0770. The standard InChI is InChI=1S/C15H28N2/c1-7-13(6)17-10-14(8-11(2)3)16-9-15(17)12(4)5/h1,11-16H,8-10H2,2-6H3. The summed E-state index contributed by atoms with van der Waals surface area (Å²) < 4.78 is 0. The minimum atomic E-state index is 0.249. The van der Waals surface area contributed by atoms with Crippen molar-refractivity contribution < 1.29 is 0 Å². The van der Waals surface area contributed by atoms with Crippen LogP contribution in [0.5, 0.6) is 0 Å². The van der Waals surface area contributed by atoms with Crippen molar-refractivity contribution in [1.29, 1.82) is 0 Å². The summed E-state index contributed by atoms with van der Waals surface area (Å²) in [7, 11) is 0. The van der Waals surface area contributed by atoms with Gasteiger partial charge in [-0.2, -0.15) is 0 Å². The van der Waals surface area contributed by atoms with E-state index in [0.717, 1.165) is 19.0 Å². The fourth-order valence-corrected chi connectivity index (χ4v) is 2.75. The third-order valence-corrected chi connectivity index (χ3v) is 3.74. The second-order valence-corrected chi connectivity index (χ2v) is 6.09. The molecule has 3 atom stereocenters. The Bertz CT molecular complexity index is 265. The largest absolute Gasteiger partial charge is 0.311 e. The van der Waals surface area contributed by atoms with Crippen molar-refractivity contribution in [3.05, 3.63) is 0 Å². The molecule has 98 valence electrons. The van der Waals surface area contributed by atoms with Crippen molar-refractivity contribution in [2.24, 2.45) is 11.8 Å². The van der Waals surface area contributed by atoms with Gasteiger partial charge in [0.1, 0.15) is 0 Å². The van der Waals surface area contributed by atoms with E-state index in [1.165, 1.54) is 6.42 Å². The molecule has 1 fully saturated rings. The van der Waals surface area contributed by atoms with E-state index < -0.39 is 0 Å². The smallest absolute Gasteiger partial charge is 0.0686 e. The fourth-order valence-electron chi connectivity index (χ4n) is 2.75. The highest BCUT2D eigenvalue weighted by Gasteiger charge is 2.32. The molecule has 0 aromatic rings. The molecule has 1 aliphatic rings. The van der Waals surface area contributed by atoms with Crippen molar-refractivity contribution in [1.82, 2.24) is 10.2 Å². The van der Waals surface area contributed by atoms with Gasteiger partial charge in [0, 0.05) is 25.2 Å². The van der Waals surface area contributed by atoms with Gasteiger partial charge in [-0.15, -0.1) is 6.42 Å². The Morgan fingerprint density at radius 2 is 1.94 bits per heavy atom. The lowest BCUT2D eigenvalue weighted by Gasteiger charge is -2.44. The minimum absolute atomic E-state index is 0.249. The molecule has 0 spiro atoms. The Kier molecular flexibility index (Phi) is 5.49. The summed E-state index contributed by atoms with van der Waals surface area (Å²) in [6.45, 7) is 13.4. The highest BCUT2D eigenvalue weighted by atomic mass is 15.3. The van der Waals surface area contributed by atoms with E-state index in [-0.39, 0.29) is 6.04 Å². The van der Waals surface area contributed by atoms with Crippen LogP contribution in [0.2, 0.25) is 0 Å². The summed E-state index contributed by atoms with van der Waals surface area (Å²) in [5.74, 6) is 4.28. The Balaban J connectivity index is 2.67. The number of rotatable bonds is 4. The minimum Gasteiger partial charge on any atom is -0.311 e. The van der Waals surface area contributed by atoms with Gasteiger partial charge in [0.15, 0.2) is 0 Å². The van der Waals surface area contributed by atoms with Crippen molar-refractivity contribution in [3.8, 4) is 12.3 Å². The van der Waals surface area contributed by atoms with Gasteiger partial charge < -0.3 is 5.32 Å². The van der Waals surface area contributed by atoms with Crippen molar-refractivity contribution in [3.63, 3.8) is 0 Å². The lowest BCUT2D eigenvalue weighted by atomic mass is 9.93. The Morgan fingerprint density at radius 1 is 1.29 bits per heavy atom. The number of nitrogens with one attached hydrogen (secondary N) is 1. The molecule has 0 bridgehead atoms. The zero-order valence-corrected chi connectivity index (χ0v) is 12.0. The summed E-state index contributed by atoms with van der Waals surface area (Å²) >= 11 is 0. The zero-order valence-electron chi connectivity index (χ0n) is 12.0. The highest BCUT2D eigenvalue weighted by Crippen LogP contribution is 2.20. The SMILES string of the molecule is C#CC(C)N1CC(CC(C)C)NCC1C(C)C. The summed E-state index contributed by atoms with van der Waals surface area (Å²) in [5, 5.41) is 3.68. The fraction of sp³-hybridized carbons (Fsp3) is 0.867. The Hall–Kier alpha value is -0.520. The van der Waals surface area contributed by atoms with Crippen LogP contribution in [0.3, 0.4) is 0 Å². The number of nitrogens with zero attached hydrogens (tertiary/aromatic N) is 1. The van der Waals surface area contributed by atoms with E-state index in [9.17, 15) is 0 Å². The summed E-state index contributed by atoms with van der Waals surface area (Å²) in [5.41, 5.74) is 0. The van der Waals surface area contributed by atoms with E-state index in [2.05, 4.69) is 50.8 Å². The normalized spacial score (nSPS) is 28.4. The molecule has 0 aromatic carbocycles. The molecule has 2 nitrogen and oxygen atoms in total. The van der Waals surface area contributed by atoms with Crippen LogP contribution < -0.4 is 5.32 Å². The molecule has 0 saturated carbocycles. The summed E-state index contributed by atoms with van der Waals surface area (Å²) in [6.07, 6.45) is 6.83. The van der Waals surface area contributed by atoms with E-state index in [0.29, 0.717) is 18.0 Å². The van der Waals surface area contributed by atoms with Crippen LogP contribution in [-0.4, -0.2) is 36.1 Å². The third kappa shape index (κ3) is 4.01. The van der Waals surface area contributed by atoms with Crippen LogP contribution in [0, 0.1) is 24.2 Å². The zero-order chi connectivity index (χ0) is 13.0. The first-order valence-electron chi connectivity index (χ1n) is 6.91. The summed E-state index contributed by atoms with van der Waals surface area (Å²) in [4.78, 5) is 2.51. The molecular weight excluding hydrogens is 208 g/mol. The average Bonchev–Trinajstić information content (AvgIpc) is 2.26. The number of terminal acetylenes is 1. The van der Waals surface area contributed by atoms with Crippen LogP contribution >= 0.6 is 0 Å². The van der Waals surface area contributed by atoms with E-state index in [1.807, 2.05) is 0 Å². The number of hydrogen-bond donors (Lipinski definition) is 1. The highest BCUT2D eigenvalue weighted by molar-refractivity contribution is 5.02. The van der Waals surface area contributed by atoms with Gasteiger partial charge in [-0.25, -0.2) is 0 Å². The quantitative estimate of drug-likeness (QED) is 0.754. The van der Waals surface area contributed by atoms with Crippen molar-refractivity contribution in [2.75, 3.05) is 13.1 Å². The molecule has 1 rings (SSSR count). The van der Waals surface area contributed by atoms with Gasteiger partial charge in [-0.1, -0.05) is 33.6 Å². The summed E-state index contributed by atoms with van der Waals surface area (Å²) in [6, 6.07) is 1.42. The first-order valence-corrected chi connectivity index (χ1v) is 6.91. The van der Waals surface area contributed by atoms with Crippen molar-refractivity contribution in [2.45, 2.75) is 59.2 Å². The maximum Gasteiger partial charge on any atom is 0.0686 e. The second kappa shape index (κ2) is 6.42. The van der Waals surface area contributed by atoms with Crippen LogP contribution in [0.15, 0.2) is 0 Å². The molecule has 3 unspecified atom stereocenters. The predicted octanol–water partition coefficient (Wildman–Crippen LogP) is 2.35. The van der Waals surface area contributed by atoms with Gasteiger partial charge in [0.2, 0.25) is 0 Å². The van der Waals surface area contributed by atoms with E-state index in [4.69, 9.17) is 6.42 Å². The first kappa shape index (κ1) is 14.5.